The molecule has 1 aliphatic rings. The summed E-state index contributed by atoms with van der Waals surface area (Å²) in [6.07, 6.45) is -2.31. The van der Waals surface area contributed by atoms with Crippen LogP contribution in [0.25, 0.3) is 0 Å². The number of alkyl carbamates (subject to hydrolysis) is 1. The van der Waals surface area contributed by atoms with Gasteiger partial charge in [0.05, 0.1) is 12.1 Å². The number of carboxylic acids is 1. The highest BCUT2D eigenvalue weighted by Crippen LogP contribution is 2.25. The summed E-state index contributed by atoms with van der Waals surface area (Å²) in [6, 6.07) is 15.3. The highest BCUT2D eigenvalue weighted by atomic mass is 16.6. The van der Waals surface area contributed by atoms with Crippen molar-refractivity contribution in [2.75, 3.05) is 6.54 Å². The van der Waals surface area contributed by atoms with Crippen molar-refractivity contribution >= 4 is 18.1 Å². The normalized spacial score (nSPS) is 21.1. The molecule has 11 heteroatoms. The first-order valence-electron chi connectivity index (χ1n) is 13.4. The lowest BCUT2D eigenvalue weighted by Gasteiger charge is -2.44. The molecule has 1 aliphatic heterocycles. The molecule has 0 saturated carbocycles. The van der Waals surface area contributed by atoms with Crippen LogP contribution in [0.4, 0.5) is 9.59 Å². The maximum absolute atomic E-state index is 12.8. The second-order valence-electron chi connectivity index (χ2n) is 11.0. The molecule has 11 nitrogen and oxygen atoms in total. The van der Waals surface area contributed by atoms with E-state index in [1.807, 2.05) is 36.4 Å². The average molecular weight is 557 g/mol. The summed E-state index contributed by atoms with van der Waals surface area (Å²) in [5.74, 6) is -1.19. The molecular formula is C29H40N4O7. The van der Waals surface area contributed by atoms with Crippen LogP contribution in [-0.2, 0) is 22.4 Å². The Bertz CT molecular complexity index is 1110. The first-order chi connectivity index (χ1) is 18.9. The quantitative estimate of drug-likeness (QED) is 0.260. The molecule has 1 unspecified atom stereocenters. The van der Waals surface area contributed by atoms with Crippen LogP contribution < -0.4 is 16.0 Å². The second kappa shape index (κ2) is 14.1. The van der Waals surface area contributed by atoms with Crippen LogP contribution in [0.5, 0.6) is 0 Å². The Labute approximate surface area is 234 Å². The van der Waals surface area contributed by atoms with Gasteiger partial charge < -0.3 is 36.0 Å². The number of benzene rings is 2. The maximum Gasteiger partial charge on any atom is 0.407 e. The second-order valence-corrected chi connectivity index (χ2v) is 11.0. The first-order valence-corrected chi connectivity index (χ1v) is 13.4. The van der Waals surface area contributed by atoms with Crippen LogP contribution in [0.3, 0.4) is 0 Å². The Morgan fingerprint density at radius 3 is 2.08 bits per heavy atom. The van der Waals surface area contributed by atoms with Crippen molar-refractivity contribution in [1.29, 1.82) is 0 Å². The largest absolute Gasteiger partial charge is 0.480 e. The minimum Gasteiger partial charge on any atom is -0.480 e. The van der Waals surface area contributed by atoms with Gasteiger partial charge in [-0.25, -0.2) is 14.5 Å². The van der Waals surface area contributed by atoms with E-state index >= 15 is 0 Å². The number of aliphatic hydroxyl groups is 2. The van der Waals surface area contributed by atoms with E-state index in [2.05, 4.69) is 16.0 Å². The van der Waals surface area contributed by atoms with Gasteiger partial charge in [0, 0.05) is 6.54 Å². The van der Waals surface area contributed by atoms with Crippen LogP contribution in [0.15, 0.2) is 60.7 Å². The van der Waals surface area contributed by atoms with Crippen LogP contribution in [0, 0.1) is 0 Å². The standard InChI is InChI=1S/C29H40N4O7/c1-29(2,3)40-28(39)31-21(16-19-10-6-4-7-11-19)18-30-27(38)32-22-14-15-24(34)33(25(22)35)23(26(36)37)17-20-12-8-5-9-13-20/h4-13,21-25,34-35H,14-18H2,1-3H3,(H,31,39)(H,36,37)(H2,30,32,38)/t21-,22-,23?,24-,25-/m0/s1. The van der Waals surface area contributed by atoms with Crippen molar-refractivity contribution in [3.8, 4) is 0 Å². The summed E-state index contributed by atoms with van der Waals surface area (Å²) in [5, 5.41) is 39.7. The molecule has 0 bridgehead atoms. The molecule has 2 aromatic carbocycles. The van der Waals surface area contributed by atoms with Crippen molar-refractivity contribution in [3.63, 3.8) is 0 Å². The lowest BCUT2D eigenvalue weighted by molar-refractivity contribution is -0.181. The number of carbonyl (C=O) groups is 3. The third-order valence-electron chi connectivity index (χ3n) is 6.53. The van der Waals surface area contributed by atoms with E-state index < -0.39 is 54.3 Å². The van der Waals surface area contributed by atoms with Gasteiger partial charge in [0.15, 0.2) is 0 Å². The summed E-state index contributed by atoms with van der Waals surface area (Å²) in [7, 11) is 0. The fraction of sp³-hybridized carbons (Fsp3) is 0.483. The van der Waals surface area contributed by atoms with Crippen molar-refractivity contribution in [1.82, 2.24) is 20.9 Å². The van der Waals surface area contributed by atoms with Gasteiger partial charge in [0.1, 0.15) is 24.1 Å². The van der Waals surface area contributed by atoms with Crippen molar-refractivity contribution < 1.29 is 34.4 Å². The monoisotopic (exact) mass is 556 g/mol. The van der Waals surface area contributed by atoms with Gasteiger partial charge in [0.2, 0.25) is 0 Å². The molecule has 0 radical (unpaired) electrons. The van der Waals surface area contributed by atoms with Gasteiger partial charge in [-0.1, -0.05) is 60.7 Å². The third kappa shape index (κ3) is 9.51. The minimum atomic E-state index is -1.43. The summed E-state index contributed by atoms with van der Waals surface area (Å²) in [6.45, 7) is 5.35. The van der Waals surface area contributed by atoms with E-state index in [1.165, 1.54) is 0 Å². The van der Waals surface area contributed by atoms with Gasteiger partial charge in [0.25, 0.3) is 0 Å². The fourth-order valence-corrected chi connectivity index (χ4v) is 4.69. The number of nitrogens with one attached hydrogen (secondary N) is 3. The number of likely N-dealkylation sites (tertiary alicyclic amines) is 1. The predicted molar refractivity (Wildman–Crippen MR) is 148 cm³/mol. The smallest absolute Gasteiger partial charge is 0.407 e. The molecule has 40 heavy (non-hydrogen) atoms. The summed E-state index contributed by atoms with van der Waals surface area (Å²) in [5.41, 5.74) is 1.01. The predicted octanol–water partition coefficient (Wildman–Crippen LogP) is 2.22. The Kier molecular flexibility index (Phi) is 10.9. The minimum absolute atomic E-state index is 0.0701. The molecule has 1 saturated heterocycles. The Morgan fingerprint density at radius 1 is 0.950 bits per heavy atom. The van der Waals surface area contributed by atoms with E-state index in [0.717, 1.165) is 16.0 Å². The fourth-order valence-electron chi connectivity index (χ4n) is 4.69. The first kappa shape index (κ1) is 30.9. The number of aliphatic hydroxyl groups excluding tert-OH is 2. The number of urea groups is 1. The highest BCUT2D eigenvalue weighted by molar-refractivity contribution is 5.75. The highest BCUT2D eigenvalue weighted by Gasteiger charge is 2.42. The van der Waals surface area contributed by atoms with E-state index in [4.69, 9.17) is 4.74 Å². The Balaban J connectivity index is 1.63. The summed E-state index contributed by atoms with van der Waals surface area (Å²) < 4.78 is 5.37. The zero-order chi connectivity index (χ0) is 29.3. The van der Waals surface area contributed by atoms with E-state index in [0.29, 0.717) is 6.42 Å². The van der Waals surface area contributed by atoms with E-state index in [1.54, 1.807) is 45.0 Å². The molecule has 0 aromatic heterocycles. The van der Waals surface area contributed by atoms with E-state index in [-0.39, 0.29) is 25.8 Å². The maximum atomic E-state index is 12.8. The number of nitrogens with zero attached hydrogens (tertiary/aromatic N) is 1. The molecular weight excluding hydrogens is 516 g/mol. The zero-order valence-electron chi connectivity index (χ0n) is 23.1. The number of carboxylic acid groups (broad SMARTS) is 1. The SMILES string of the molecule is CC(C)(C)OC(=O)N[C@H](CNC(=O)N[C@H]1CC[C@H](O)N(C(Cc2ccccc2)C(=O)O)[C@H]1O)Cc1ccccc1. The number of hydrogen-bond acceptors (Lipinski definition) is 7. The number of piperidine rings is 1. The topological polar surface area (TPSA) is 160 Å². The van der Waals surface area contributed by atoms with Crippen LogP contribution in [-0.4, -0.2) is 81.0 Å². The van der Waals surface area contributed by atoms with Gasteiger partial charge in [-0.3, -0.25) is 4.79 Å². The molecule has 5 atom stereocenters. The molecule has 3 rings (SSSR count). The lowest BCUT2D eigenvalue weighted by Crippen LogP contribution is -2.64. The van der Waals surface area contributed by atoms with Crippen LogP contribution in [0.1, 0.15) is 44.7 Å². The molecule has 0 spiro atoms. The number of carbonyl (C=O) groups excluding carboxylic acids is 2. The molecule has 1 fully saturated rings. The van der Waals surface area contributed by atoms with Gasteiger partial charge in [-0.2, -0.15) is 0 Å². The zero-order valence-corrected chi connectivity index (χ0v) is 23.1. The summed E-state index contributed by atoms with van der Waals surface area (Å²) in [4.78, 5) is 38.5. The Morgan fingerprint density at radius 2 is 1.52 bits per heavy atom. The third-order valence-corrected chi connectivity index (χ3v) is 6.53. The molecule has 6 N–H and O–H groups in total. The van der Waals surface area contributed by atoms with Crippen molar-refractivity contribution in [2.45, 2.75) is 82.6 Å². The number of hydrogen-bond donors (Lipinski definition) is 6. The molecule has 3 amide bonds. The number of rotatable bonds is 10. The number of aliphatic carboxylic acids is 1. The van der Waals surface area contributed by atoms with E-state index in [9.17, 15) is 29.7 Å². The molecule has 0 aliphatic carbocycles. The lowest BCUT2D eigenvalue weighted by atomic mass is 9.96. The van der Waals surface area contributed by atoms with Crippen molar-refractivity contribution in [2.24, 2.45) is 0 Å². The average Bonchev–Trinajstić information content (AvgIpc) is 2.88. The number of ether oxygens (including phenoxy) is 1. The van der Waals surface area contributed by atoms with Gasteiger partial charge >= 0.3 is 18.1 Å². The van der Waals surface area contributed by atoms with Gasteiger partial charge in [-0.15, -0.1) is 0 Å². The molecule has 218 valence electrons. The Hall–Kier alpha value is -3.67. The van der Waals surface area contributed by atoms with Crippen molar-refractivity contribution in [3.05, 3.63) is 71.8 Å². The molecule has 2 aromatic rings. The number of amides is 3. The van der Waals surface area contributed by atoms with Crippen LogP contribution >= 0.6 is 0 Å². The van der Waals surface area contributed by atoms with Gasteiger partial charge in [-0.05, 0) is 57.6 Å². The molecule has 1 heterocycles. The summed E-state index contributed by atoms with van der Waals surface area (Å²) >= 11 is 0. The van der Waals surface area contributed by atoms with Crippen LogP contribution in [0.2, 0.25) is 0 Å².